The molecule has 1 saturated heterocycles. The number of anilines is 2. The number of nitrogens with zero attached hydrogens (tertiary/aromatic N) is 3. The number of rotatable bonds is 5. The fourth-order valence-corrected chi connectivity index (χ4v) is 4.63. The lowest BCUT2D eigenvalue weighted by Crippen LogP contribution is -2.55. The van der Waals surface area contributed by atoms with E-state index in [1.165, 1.54) is 0 Å². The normalized spacial score (nSPS) is 19.0. The minimum atomic E-state index is -0.270. The van der Waals surface area contributed by atoms with E-state index in [1.54, 1.807) is 24.4 Å². The number of carbonyl (C=O) groups excluding carboxylic acids is 1. The molecule has 1 aliphatic heterocycles. The van der Waals surface area contributed by atoms with Crippen LogP contribution in [-0.2, 0) is 6.42 Å². The number of likely N-dealkylation sites (N-methyl/N-ethyl adjacent to an activating group) is 1. The molecule has 0 saturated carbocycles. The zero-order chi connectivity index (χ0) is 23.7. The van der Waals surface area contributed by atoms with Crippen LogP contribution >= 0.6 is 23.2 Å². The molecular formula is C25H29Cl2N5O. The van der Waals surface area contributed by atoms with Gasteiger partial charge in [-0.05, 0) is 63.7 Å². The molecule has 0 bridgehead atoms. The number of carbonyl (C=O) groups is 1. The van der Waals surface area contributed by atoms with Crippen molar-refractivity contribution in [3.05, 3.63) is 63.9 Å². The molecule has 2 aromatic carbocycles. The first kappa shape index (κ1) is 23.6. The van der Waals surface area contributed by atoms with E-state index in [0.29, 0.717) is 39.2 Å². The van der Waals surface area contributed by atoms with Gasteiger partial charge in [0.15, 0.2) is 0 Å². The number of amides is 1. The van der Waals surface area contributed by atoms with Gasteiger partial charge >= 0.3 is 0 Å². The summed E-state index contributed by atoms with van der Waals surface area (Å²) in [6, 6.07) is 11.8. The number of hydrogen-bond acceptors (Lipinski definition) is 4. The van der Waals surface area contributed by atoms with Gasteiger partial charge in [-0.3, -0.25) is 9.69 Å². The van der Waals surface area contributed by atoms with Crippen LogP contribution < -0.4 is 10.2 Å². The number of aromatic nitrogens is 2. The second kappa shape index (κ2) is 9.75. The molecule has 2 atom stereocenters. The molecule has 33 heavy (non-hydrogen) atoms. The van der Waals surface area contributed by atoms with Gasteiger partial charge in [-0.1, -0.05) is 30.1 Å². The number of benzene rings is 2. The first-order valence-electron chi connectivity index (χ1n) is 11.2. The number of halogens is 2. The highest BCUT2D eigenvalue weighted by Crippen LogP contribution is 2.30. The van der Waals surface area contributed by atoms with Crippen molar-refractivity contribution < 1.29 is 4.79 Å². The fourth-order valence-electron chi connectivity index (χ4n) is 4.16. The van der Waals surface area contributed by atoms with Crippen LogP contribution in [-0.4, -0.2) is 53.0 Å². The predicted molar refractivity (Wildman–Crippen MR) is 137 cm³/mol. The monoisotopic (exact) mass is 485 g/mol. The molecule has 174 valence electrons. The topological polar surface area (TPSA) is 64.3 Å². The number of aromatic amines is 1. The lowest BCUT2D eigenvalue weighted by Gasteiger charge is -2.43. The Morgan fingerprint density at radius 3 is 2.48 bits per heavy atom. The van der Waals surface area contributed by atoms with Gasteiger partial charge in [0.05, 0.1) is 15.6 Å². The Kier molecular flexibility index (Phi) is 6.98. The van der Waals surface area contributed by atoms with Crippen LogP contribution in [0.25, 0.3) is 11.4 Å². The molecule has 6 nitrogen and oxygen atoms in total. The first-order chi connectivity index (χ1) is 15.8. The zero-order valence-electron chi connectivity index (χ0n) is 19.3. The zero-order valence-corrected chi connectivity index (χ0v) is 20.8. The minimum Gasteiger partial charge on any atom is -0.368 e. The molecule has 0 unspecified atom stereocenters. The highest BCUT2D eigenvalue weighted by atomic mass is 35.5. The third-order valence-electron chi connectivity index (χ3n) is 6.41. The highest BCUT2D eigenvalue weighted by Gasteiger charge is 2.27. The summed E-state index contributed by atoms with van der Waals surface area (Å²) in [7, 11) is 2.16. The van der Waals surface area contributed by atoms with Crippen LogP contribution in [0.1, 0.15) is 36.8 Å². The first-order valence-corrected chi connectivity index (χ1v) is 11.9. The van der Waals surface area contributed by atoms with E-state index in [9.17, 15) is 4.79 Å². The van der Waals surface area contributed by atoms with Crippen molar-refractivity contribution in [1.82, 2.24) is 14.9 Å². The summed E-state index contributed by atoms with van der Waals surface area (Å²) >= 11 is 12.9. The van der Waals surface area contributed by atoms with Gasteiger partial charge in [0.2, 0.25) is 0 Å². The molecule has 1 amide bonds. The number of hydrogen-bond donors (Lipinski definition) is 2. The number of nitrogens with one attached hydrogen (secondary N) is 2. The van der Waals surface area contributed by atoms with Crippen molar-refractivity contribution in [1.29, 1.82) is 0 Å². The van der Waals surface area contributed by atoms with Crippen LogP contribution in [0.2, 0.25) is 10.0 Å². The van der Waals surface area contributed by atoms with Gasteiger partial charge in [-0.25, -0.2) is 4.98 Å². The summed E-state index contributed by atoms with van der Waals surface area (Å²) in [5, 5.41) is 3.92. The van der Waals surface area contributed by atoms with Gasteiger partial charge in [-0.15, -0.1) is 0 Å². The van der Waals surface area contributed by atoms with Crippen molar-refractivity contribution in [2.45, 2.75) is 39.3 Å². The van der Waals surface area contributed by atoms with E-state index in [2.05, 4.69) is 52.9 Å². The van der Waals surface area contributed by atoms with E-state index < -0.39 is 0 Å². The largest absolute Gasteiger partial charge is 0.368 e. The Hall–Kier alpha value is -2.54. The van der Waals surface area contributed by atoms with Crippen molar-refractivity contribution in [3.8, 4) is 11.4 Å². The Morgan fingerprint density at radius 1 is 1.12 bits per heavy atom. The van der Waals surface area contributed by atoms with Crippen molar-refractivity contribution in [2.24, 2.45) is 0 Å². The van der Waals surface area contributed by atoms with Gasteiger partial charge in [0.25, 0.3) is 5.91 Å². The van der Waals surface area contributed by atoms with E-state index in [4.69, 9.17) is 23.2 Å². The lowest BCUT2D eigenvalue weighted by atomic mass is 10.1. The average Bonchev–Trinajstić information content (AvgIpc) is 3.27. The Bertz CT molecular complexity index is 1150. The third kappa shape index (κ3) is 5.03. The maximum Gasteiger partial charge on any atom is 0.257 e. The molecule has 4 rings (SSSR count). The standard InChI is InChI=1S/C25H29Cl2N5O/c1-5-17-12-28-24(29-17)21-10-18(6-9-22(21)26)30-25(33)20-8-7-19(11-23(20)27)32-13-15(2)31(4)16(3)14-32/h6-12,15-16H,5,13-14H2,1-4H3,(H,28,29)(H,30,33)/t15-,16+. The molecule has 2 heterocycles. The second-order valence-corrected chi connectivity index (χ2v) is 9.51. The highest BCUT2D eigenvalue weighted by molar-refractivity contribution is 6.35. The fraction of sp³-hybridized carbons (Fsp3) is 0.360. The van der Waals surface area contributed by atoms with Gasteiger partial charge in [-0.2, -0.15) is 0 Å². The number of piperazine rings is 1. The average molecular weight is 486 g/mol. The van der Waals surface area contributed by atoms with Crippen molar-refractivity contribution in [3.63, 3.8) is 0 Å². The van der Waals surface area contributed by atoms with E-state index >= 15 is 0 Å². The Balaban J connectivity index is 1.51. The number of imidazole rings is 1. The SMILES string of the molecule is CCc1cnc(-c2cc(NC(=O)c3ccc(N4C[C@@H](C)N(C)[C@@H](C)C4)cc3Cl)ccc2Cl)[nH]1. The quantitative estimate of drug-likeness (QED) is 0.484. The maximum absolute atomic E-state index is 13.0. The van der Waals surface area contributed by atoms with Crippen molar-refractivity contribution in [2.75, 3.05) is 30.4 Å². The summed E-state index contributed by atoms with van der Waals surface area (Å²) < 4.78 is 0. The Labute approximate surface area is 204 Å². The number of aryl methyl sites for hydroxylation is 1. The lowest BCUT2D eigenvalue weighted by molar-refractivity contribution is 0.102. The number of H-pyrrole nitrogens is 1. The maximum atomic E-state index is 13.0. The van der Waals surface area contributed by atoms with Gasteiger partial charge in [0.1, 0.15) is 5.82 Å². The van der Waals surface area contributed by atoms with Crippen LogP contribution in [0.4, 0.5) is 11.4 Å². The molecule has 2 N–H and O–H groups in total. The predicted octanol–water partition coefficient (Wildman–Crippen LogP) is 5.73. The molecule has 3 aromatic rings. The van der Waals surface area contributed by atoms with Crippen molar-refractivity contribution >= 4 is 40.5 Å². The minimum absolute atomic E-state index is 0.270. The molecule has 8 heteroatoms. The van der Waals surface area contributed by atoms with E-state index in [0.717, 1.165) is 36.5 Å². The summed E-state index contributed by atoms with van der Waals surface area (Å²) in [5.41, 5.74) is 3.83. The van der Waals surface area contributed by atoms with E-state index in [1.807, 2.05) is 18.2 Å². The van der Waals surface area contributed by atoms with E-state index in [-0.39, 0.29) is 5.91 Å². The Morgan fingerprint density at radius 2 is 1.85 bits per heavy atom. The molecule has 1 fully saturated rings. The molecule has 0 aliphatic carbocycles. The van der Waals surface area contributed by atoms with Crippen LogP contribution in [0.15, 0.2) is 42.6 Å². The van der Waals surface area contributed by atoms with Gasteiger partial charge < -0.3 is 15.2 Å². The summed E-state index contributed by atoms with van der Waals surface area (Å²) in [4.78, 5) is 25.3. The van der Waals surface area contributed by atoms with Crippen LogP contribution in [0, 0.1) is 0 Å². The second-order valence-electron chi connectivity index (χ2n) is 8.69. The molecule has 0 radical (unpaired) electrons. The smallest absolute Gasteiger partial charge is 0.257 e. The summed E-state index contributed by atoms with van der Waals surface area (Å²) in [5.74, 6) is 0.402. The third-order valence-corrected chi connectivity index (χ3v) is 7.05. The summed E-state index contributed by atoms with van der Waals surface area (Å²) in [6.07, 6.45) is 2.64. The van der Waals surface area contributed by atoms with Gasteiger partial charge in [0, 0.05) is 54.0 Å². The summed E-state index contributed by atoms with van der Waals surface area (Å²) in [6.45, 7) is 8.33. The molecule has 1 aliphatic rings. The molecule has 1 aromatic heterocycles. The molecular weight excluding hydrogens is 457 g/mol. The molecule has 0 spiro atoms. The van der Waals surface area contributed by atoms with Crippen LogP contribution in [0.5, 0.6) is 0 Å². The van der Waals surface area contributed by atoms with Crippen LogP contribution in [0.3, 0.4) is 0 Å².